The van der Waals surface area contributed by atoms with Gasteiger partial charge in [0.1, 0.15) is 5.60 Å². The zero-order valence-electron chi connectivity index (χ0n) is 12.0. The third-order valence-corrected chi connectivity index (χ3v) is 4.57. The molecule has 1 saturated heterocycles. The zero-order valence-corrected chi connectivity index (χ0v) is 12.0. The van der Waals surface area contributed by atoms with Crippen LogP contribution in [0.2, 0.25) is 0 Å². The lowest BCUT2D eigenvalue weighted by atomic mass is 9.87. The first-order chi connectivity index (χ1) is 9.61. The Kier molecular flexibility index (Phi) is 3.40. The standard InChI is InChI=1S/C17H21NO2/c1-13-11-20-12-16(13)17(19)8-9-18(14(17)2)10-15-6-4-3-5-7-15/h3-7,11-12,14,19H,8-10H2,1-2H3. The molecule has 106 valence electrons. The third-order valence-electron chi connectivity index (χ3n) is 4.57. The summed E-state index contributed by atoms with van der Waals surface area (Å²) < 4.78 is 5.25. The maximum absolute atomic E-state index is 11.0. The van der Waals surface area contributed by atoms with Gasteiger partial charge >= 0.3 is 0 Å². The molecule has 3 heteroatoms. The molecule has 3 rings (SSSR count). The summed E-state index contributed by atoms with van der Waals surface area (Å²) in [7, 11) is 0. The summed E-state index contributed by atoms with van der Waals surface area (Å²) in [5, 5.41) is 11.0. The fraction of sp³-hybridized carbons (Fsp3) is 0.412. The molecule has 0 aliphatic carbocycles. The van der Waals surface area contributed by atoms with Crippen LogP contribution in [0.25, 0.3) is 0 Å². The van der Waals surface area contributed by atoms with Crippen molar-refractivity contribution in [1.82, 2.24) is 4.90 Å². The van der Waals surface area contributed by atoms with E-state index in [0.717, 1.165) is 30.6 Å². The highest BCUT2D eigenvalue weighted by Crippen LogP contribution is 2.40. The molecule has 0 amide bonds. The number of benzene rings is 1. The molecule has 2 aromatic rings. The number of nitrogens with zero attached hydrogens (tertiary/aromatic N) is 1. The highest BCUT2D eigenvalue weighted by Gasteiger charge is 2.45. The van der Waals surface area contributed by atoms with E-state index < -0.39 is 5.60 Å². The van der Waals surface area contributed by atoms with E-state index in [1.165, 1.54) is 5.56 Å². The van der Waals surface area contributed by atoms with E-state index in [4.69, 9.17) is 4.42 Å². The van der Waals surface area contributed by atoms with Gasteiger partial charge in [0.25, 0.3) is 0 Å². The van der Waals surface area contributed by atoms with Gasteiger partial charge in [-0.05, 0) is 31.4 Å². The lowest BCUT2D eigenvalue weighted by Gasteiger charge is -2.31. The van der Waals surface area contributed by atoms with Gasteiger partial charge in [-0.2, -0.15) is 0 Å². The largest absolute Gasteiger partial charge is 0.472 e. The van der Waals surface area contributed by atoms with Crippen LogP contribution in [0.3, 0.4) is 0 Å². The van der Waals surface area contributed by atoms with E-state index in [0.29, 0.717) is 0 Å². The Balaban J connectivity index is 1.80. The van der Waals surface area contributed by atoms with Gasteiger partial charge in [-0.15, -0.1) is 0 Å². The lowest BCUT2D eigenvalue weighted by molar-refractivity contribution is 0.00380. The van der Waals surface area contributed by atoms with Crippen LogP contribution in [0, 0.1) is 6.92 Å². The molecule has 0 saturated carbocycles. The van der Waals surface area contributed by atoms with Gasteiger partial charge in [0.2, 0.25) is 0 Å². The van der Waals surface area contributed by atoms with Crippen molar-refractivity contribution in [2.24, 2.45) is 0 Å². The maximum Gasteiger partial charge on any atom is 0.109 e. The fourth-order valence-corrected chi connectivity index (χ4v) is 3.22. The summed E-state index contributed by atoms with van der Waals surface area (Å²) >= 11 is 0. The molecule has 0 radical (unpaired) electrons. The minimum absolute atomic E-state index is 0.0824. The Hall–Kier alpha value is -1.58. The van der Waals surface area contributed by atoms with Crippen molar-refractivity contribution in [2.75, 3.05) is 6.54 Å². The Morgan fingerprint density at radius 2 is 2.05 bits per heavy atom. The van der Waals surface area contributed by atoms with Crippen LogP contribution in [-0.2, 0) is 12.1 Å². The molecule has 1 aromatic carbocycles. The number of aliphatic hydroxyl groups is 1. The van der Waals surface area contributed by atoms with E-state index in [-0.39, 0.29) is 6.04 Å². The third kappa shape index (κ3) is 2.17. The molecule has 0 bridgehead atoms. The number of hydrogen-bond acceptors (Lipinski definition) is 3. The minimum atomic E-state index is -0.800. The first-order valence-electron chi connectivity index (χ1n) is 7.15. The molecular formula is C17H21NO2. The van der Waals surface area contributed by atoms with Gasteiger partial charge in [0.15, 0.2) is 0 Å². The Morgan fingerprint density at radius 1 is 1.30 bits per heavy atom. The van der Waals surface area contributed by atoms with E-state index in [1.807, 2.05) is 13.0 Å². The van der Waals surface area contributed by atoms with Crippen LogP contribution < -0.4 is 0 Å². The first kappa shape index (κ1) is 13.4. The number of hydrogen-bond donors (Lipinski definition) is 1. The van der Waals surface area contributed by atoms with Gasteiger partial charge in [-0.1, -0.05) is 30.3 Å². The van der Waals surface area contributed by atoms with Crippen LogP contribution in [0.1, 0.15) is 30.0 Å². The molecular weight excluding hydrogens is 250 g/mol. The molecule has 1 aromatic heterocycles. The molecule has 1 fully saturated rings. The summed E-state index contributed by atoms with van der Waals surface area (Å²) in [6.07, 6.45) is 4.15. The van der Waals surface area contributed by atoms with Crippen molar-refractivity contribution in [3.63, 3.8) is 0 Å². The molecule has 2 unspecified atom stereocenters. The normalized spacial score (nSPS) is 27.1. The average molecular weight is 271 g/mol. The number of likely N-dealkylation sites (tertiary alicyclic amines) is 1. The van der Waals surface area contributed by atoms with Crippen molar-refractivity contribution in [1.29, 1.82) is 0 Å². The highest BCUT2D eigenvalue weighted by molar-refractivity contribution is 5.30. The predicted octanol–water partition coefficient (Wildman–Crippen LogP) is 3.07. The molecule has 20 heavy (non-hydrogen) atoms. The quantitative estimate of drug-likeness (QED) is 0.932. The van der Waals surface area contributed by atoms with Crippen molar-refractivity contribution in [3.8, 4) is 0 Å². The van der Waals surface area contributed by atoms with Crippen molar-refractivity contribution >= 4 is 0 Å². The van der Waals surface area contributed by atoms with Crippen LogP contribution >= 0.6 is 0 Å². The van der Waals surface area contributed by atoms with Gasteiger partial charge in [-0.25, -0.2) is 0 Å². The van der Waals surface area contributed by atoms with Crippen molar-refractivity contribution < 1.29 is 9.52 Å². The summed E-state index contributed by atoms with van der Waals surface area (Å²) in [6, 6.07) is 10.5. The van der Waals surface area contributed by atoms with E-state index in [1.54, 1.807) is 12.5 Å². The van der Waals surface area contributed by atoms with Crippen LogP contribution in [-0.4, -0.2) is 22.6 Å². The Bertz CT molecular complexity index is 578. The SMILES string of the molecule is Cc1cocc1C1(O)CCN(Cc2ccccc2)C1C. The van der Waals surface area contributed by atoms with E-state index >= 15 is 0 Å². The number of aryl methyl sites for hydroxylation is 1. The smallest absolute Gasteiger partial charge is 0.109 e. The van der Waals surface area contributed by atoms with Crippen molar-refractivity contribution in [3.05, 3.63) is 59.5 Å². The molecule has 1 aliphatic rings. The fourth-order valence-electron chi connectivity index (χ4n) is 3.22. The Labute approximate surface area is 119 Å². The Morgan fingerprint density at radius 3 is 2.70 bits per heavy atom. The average Bonchev–Trinajstić information content (AvgIpc) is 3.00. The summed E-state index contributed by atoms with van der Waals surface area (Å²) in [4.78, 5) is 2.34. The monoisotopic (exact) mass is 271 g/mol. The lowest BCUT2D eigenvalue weighted by Crippen LogP contribution is -2.40. The molecule has 3 nitrogen and oxygen atoms in total. The van der Waals surface area contributed by atoms with Gasteiger partial charge in [0.05, 0.1) is 12.5 Å². The van der Waals surface area contributed by atoms with Gasteiger partial charge < -0.3 is 9.52 Å². The van der Waals surface area contributed by atoms with Gasteiger partial charge in [0, 0.05) is 24.7 Å². The summed E-state index contributed by atoms with van der Waals surface area (Å²) in [5.41, 5.74) is 2.44. The van der Waals surface area contributed by atoms with E-state index in [2.05, 4.69) is 36.1 Å². The first-order valence-corrected chi connectivity index (χ1v) is 7.15. The molecule has 2 atom stereocenters. The zero-order chi connectivity index (χ0) is 14.2. The van der Waals surface area contributed by atoms with Crippen molar-refractivity contribution in [2.45, 2.75) is 38.5 Å². The number of furan rings is 1. The molecule has 1 N–H and O–H groups in total. The summed E-state index contributed by atoms with van der Waals surface area (Å²) in [6.45, 7) is 5.87. The molecule has 2 heterocycles. The van der Waals surface area contributed by atoms with Crippen LogP contribution in [0.4, 0.5) is 0 Å². The minimum Gasteiger partial charge on any atom is -0.472 e. The van der Waals surface area contributed by atoms with E-state index in [9.17, 15) is 5.11 Å². The molecule has 1 aliphatic heterocycles. The highest BCUT2D eigenvalue weighted by atomic mass is 16.3. The molecule has 0 spiro atoms. The van der Waals surface area contributed by atoms with Gasteiger partial charge in [-0.3, -0.25) is 4.90 Å². The second-order valence-corrected chi connectivity index (χ2v) is 5.77. The van der Waals surface area contributed by atoms with Crippen LogP contribution in [0.15, 0.2) is 47.3 Å². The second-order valence-electron chi connectivity index (χ2n) is 5.77. The van der Waals surface area contributed by atoms with Crippen LogP contribution in [0.5, 0.6) is 0 Å². The maximum atomic E-state index is 11.0. The number of rotatable bonds is 3. The summed E-state index contributed by atoms with van der Waals surface area (Å²) in [5.74, 6) is 0. The topological polar surface area (TPSA) is 36.6 Å². The second kappa shape index (κ2) is 5.08. The predicted molar refractivity (Wildman–Crippen MR) is 78.3 cm³/mol.